The van der Waals surface area contributed by atoms with Gasteiger partial charge in [-0.05, 0) is 24.1 Å². The molecule has 0 aliphatic carbocycles. The van der Waals surface area contributed by atoms with Crippen LogP contribution in [0.25, 0.3) is 21.1 Å². The molecule has 0 saturated carbocycles. The van der Waals surface area contributed by atoms with E-state index in [1.54, 1.807) is 0 Å². The molecule has 0 fully saturated rings. The van der Waals surface area contributed by atoms with Crippen molar-refractivity contribution in [2.45, 2.75) is 19.9 Å². The van der Waals surface area contributed by atoms with E-state index in [1.165, 1.54) is 11.3 Å². The lowest BCUT2D eigenvalue weighted by Gasteiger charge is -2.20. The second kappa shape index (κ2) is 8.45. The van der Waals surface area contributed by atoms with E-state index in [9.17, 15) is 9.59 Å². The van der Waals surface area contributed by atoms with E-state index in [1.807, 2.05) is 62.4 Å². The van der Waals surface area contributed by atoms with E-state index in [2.05, 4.69) is 20.6 Å². The zero-order chi connectivity index (χ0) is 21.3. The third-order valence-corrected chi connectivity index (χ3v) is 6.51. The van der Waals surface area contributed by atoms with Crippen LogP contribution >= 0.6 is 22.9 Å². The molecule has 4 rings (SSSR count). The molecule has 6 nitrogen and oxygen atoms in total. The number of halogens is 1. The third kappa shape index (κ3) is 4.04. The van der Waals surface area contributed by atoms with Crippen molar-refractivity contribution in [1.29, 1.82) is 0 Å². The van der Waals surface area contributed by atoms with Gasteiger partial charge in [-0.25, -0.2) is 4.98 Å². The summed E-state index contributed by atoms with van der Waals surface area (Å²) in [6.45, 7) is 3.87. The van der Waals surface area contributed by atoms with Gasteiger partial charge in [0.05, 0.1) is 28.6 Å². The van der Waals surface area contributed by atoms with Crippen LogP contribution in [0, 0.1) is 5.92 Å². The fourth-order valence-corrected chi connectivity index (χ4v) is 4.73. The number of H-pyrrole nitrogens is 1. The number of aromatic nitrogens is 2. The number of imidazole rings is 1. The van der Waals surface area contributed by atoms with Crippen LogP contribution in [0.2, 0.25) is 5.02 Å². The first-order valence-corrected chi connectivity index (χ1v) is 10.8. The molecular weight excluding hydrogens is 420 g/mol. The van der Waals surface area contributed by atoms with Crippen LogP contribution < -0.4 is 10.6 Å². The SMILES string of the molecule is CC(C)C(NC(=O)CNC(=O)c1sc2ccccc2c1Cl)c1nc2ccccc2[nH]1. The number of benzene rings is 2. The molecule has 3 N–H and O–H groups in total. The van der Waals surface area contributed by atoms with Crippen LogP contribution in [-0.4, -0.2) is 28.3 Å². The number of thiophene rings is 1. The minimum Gasteiger partial charge on any atom is -0.344 e. The molecule has 4 aromatic rings. The number of nitrogens with zero attached hydrogens (tertiary/aromatic N) is 1. The maximum Gasteiger partial charge on any atom is 0.263 e. The molecule has 2 aromatic carbocycles. The summed E-state index contributed by atoms with van der Waals surface area (Å²) in [7, 11) is 0. The molecule has 2 heterocycles. The van der Waals surface area contributed by atoms with Gasteiger partial charge >= 0.3 is 0 Å². The number of hydrogen-bond acceptors (Lipinski definition) is 4. The topological polar surface area (TPSA) is 86.9 Å². The first-order valence-electron chi connectivity index (χ1n) is 9.63. The molecule has 154 valence electrons. The van der Waals surface area contributed by atoms with Gasteiger partial charge in [-0.1, -0.05) is 55.8 Å². The van der Waals surface area contributed by atoms with E-state index >= 15 is 0 Å². The van der Waals surface area contributed by atoms with Crippen molar-refractivity contribution in [1.82, 2.24) is 20.6 Å². The van der Waals surface area contributed by atoms with E-state index < -0.39 is 0 Å². The fourth-order valence-electron chi connectivity index (χ4n) is 3.30. The number of carbonyl (C=O) groups is 2. The standard InChI is InChI=1S/C22H21ClN4O2S/c1-12(2)19(21-25-14-8-4-5-9-15(14)26-21)27-17(28)11-24-22(29)20-18(23)13-7-3-6-10-16(13)30-20/h3-10,12,19H,11H2,1-2H3,(H,24,29)(H,25,26)(H,27,28). The highest BCUT2D eigenvalue weighted by molar-refractivity contribution is 7.21. The van der Waals surface area contributed by atoms with Crippen molar-refractivity contribution in [2.24, 2.45) is 5.92 Å². The Balaban J connectivity index is 1.43. The van der Waals surface area contributed by atoms with E-state index in [-0.39, 0.29) is 30.3 Å². The molecule has 0 aliphatic rings. The lowest BCUT2D eigenvalue weighted by Crippen LogP contribution is -2.40. The molecule has 2 aromatic heterocycles. The third-order valence-electron chi connectivity index (χ3n) is 4.84. The van der Waals surface area contributed by atoms with Crippen LogP contribution in [0.4, 0.5) is 0 Å². The van der Waals surface area contributed by atoms with Gasteiger partial charge in [-0.3, -0.25) is 9.59 Å². The van der Waals surface area contributed by atoms with Crippen molar-refractivity contribution in [3.05, 3.63) is 64.3 Å². The Labute approximate surface area is 182 Å². The lowest BCUT2D eigenvalue weighted by molar-refractivity contribution is -0.121. The fraction of sp³-hybridized carbons (Fsp3) is 0.227. The minimum atomic E-state index is -0.360. The van der Waals surface area contributed by atoms with Crippen molar-refractivity contribution in [2.75, 3.05) is 6.54 Å². The Morgan fingerprint density at radius 1 is 1.13 bits per heavy atom. The monoisotopic (exact) mass is 440 g/mol. The average Bonchev–Trinajstić information content (AvgIpc) is 3.31. The van der Waals surface area contributed by atoms with Crippen LogP contribution in [0.15, 0.2) is 48.5 Å². The summed E-state index contributed by atoms with van der Waals surface area (Å²) in [6.07, 6.45) is 0. The summed E-state index contributed by atoms with van der Waals surface area (Å²) in [5, 5.41) is 6.88. The molecule has 0 aliphatic heterocycles. The number of rotatable bonds is 6. The first-order chi connectivity index (χ1) is 14.4. The molecule has 8 heteroatoms. The summed E-state index contributed by atoms with van der Waals surface area (Å²) >= 11 is 7.66. The molecular formula is C22H21ClN4O2S. The molecule has 0 bridgehead atoms. The highest BCUT2D eigenvalue weighted by Crippen LogP contribution is 2.34. The molecule has 1 atom stereocenters. The van der Waals surface area contributed by atoms with E-state index in [4.69, 9.17) is 11.6 Å². The Kier molecular flexibility index (Phi) is 5.74. The van der Waals surface area contributed by atoms with Gasteiger partial charge in [0, 0.05) is 10.1 Å². The summed E-state index contributed by atoms with van der Waals surface area (Å²) in [5.41, 5.74) is 1.76. The molecule has 30 heavy (non-hydrogen) atoms. The number of hydrogen-bond donors (Lipinski definition) is 3. The average molecular weight is 441 g/mol. The van der Waals surface area contributed by atoms with E-state index in [0.29, 0.717) is 15.7 Å². The number of para-hydroxylation sites is 2. The maximum atomic E-state index is 12.6. The highest BCUT2D eigenvalue weighted by atomic mass is 35.5. The Morgan fingerprint density at radius 2 is 1.87 bits per heavy atom. The zero-order valence-electron chi connectivity index (χ0n) is 16.5. The Bertz CT molecular complexity index is 1200. The minimum absolute atomic E-state index is 0.113. The quantitative estimate of drug-likeness (QED) is 0.407. The van der Waals surface area contributed by atoms with Gasteiger partial charge < -0.3 is 15.6 Å². The van der Waals surface area contributed by atoms with Crippen LogP contribution in [0.1, 0.15) is 35.4 Å². The molecule has 0 radical (unpaired) electrons. The number of fused-ring (bicyclic) bond motifs is 2. The first kappa shape index (κ1) is 20.4. The lowest BCUT2D eigenvalue weighted by atomic mass is 10.0. The molecule has 0 saturated heterocycles. The van der Waals surface area contributed by atoms with Crippen molar-refractivity contribution in [3.8, 4) is 0 Å². The van der Waals surface area contributed by atoms with Crippen molar-refractivity contribution >= 4 is 55.9 Å². The molecule has 1 unspecified atom stereocenters. The van der Waals surface area contributed by atoms with Gasteiger partial charge in [0.1, 0.15) is 10.7 Å². The van der Waals surface area contributed by atoms with E-state index in [0.717, 1.165) is 21.1 Å². The van der Waals surface area contributed by atoms with Crippen LogP contribution in [-0.2, 0) is 4.79 Å². The van der Waals surface area contributed by atoms with Gasteiger partial charge in [-0.2, -0.15) is 0 Å². The number of amides is 2. The molecule has 2 amide bonds. The predicted molar refractivity (Wildman–Crippen MR) is 121 cm³/mol. The van der Waals surface area contributed by atoms with Crippen molar-refractivity contribution < 1.29 is 9.59 Å². The summed E-state index contributed by atoms with van der Waals surface area (Å²) in [4.78, 5) is 33.4. The van der Waals surface area contributed by atoms with Crippen LogP contribution in [0.3, 0.4) is 0 Å². The maximum absolute atomic E-state index is 12.6. The second-order valence-electron chi connectivity index (χ2n) is 7.35. The van der Waals surface area contributed by atoms with Crippen molar-refractivity contribution in [3.63, 3.8) is 0 Å². The van der Waals surface area contributed by atoms with Gasteiger partial charge in [0.2, 0.25) is 5.91 Å². The zero-order valence-corrected chi connectivity index (χ0v) is 18.1. The van der Waals surface area contributed by atoms with Gasteiger partial charge in [0.15, 0.2) is 0 Å². The number of nitrogens with one attached hydrogen (secondary N) is 3. The Morgan fingerprint density at radius 3 is 2.60 bits per heavy atom. The Hall–Kier alpha value is -2.90. The summed E-state index contributed by atoms with van der Waals surface area (Å²) in [5.74, 6) is 0.154. The van der Waals surface area contributed by atoms with Gasteiger partial charge in [0.25, 0.3) is 5.91 Å². The van der Waals surface area contributed by atoms with Gasteiger partial charge in [-0.15, -0.1) is 11.3 Å². The largest absolute Gasteiger partial charge is 0.344 e. The smallest absolute Gasteiger partial charge is 0.263 e. The summed E-state index contributed by atoms with van der Waals surface area (Å²) < 4.78 is 0.932. The van der Waals surface area contributed by atoms with Crippen LogP contribution in [0.5, 0.6) is 0 Å². The number of carbonyl (C=O) groups excluding carboxylic acids is 2. The predicted octanol–water partition coefficient (Wildman–Crippen LogP) is 4.67. The molecule has 0 spiro atoms. The highest BCUT2D eigenvalue weighted by Gasteiger charge is 2.23. The second-order valence-corrected chi connectivity index (χ2v) is 8.78. The normalized spacial score (nSPS) is 12.4. The summed E-state index contributed by atoms with van der Waals surface area (Å²) in [6, 6.07) is 15.0. The number of aromatic amines is 1.